The number of carbonyl (C=O) groups is 3. The van der Waals surface area contributed by atoms with Crippen LogP contribution in [-0.2, 0) is 9.59 Å². The predicted molar refractivity (Wildman–Crippen MR) is 67.0 cm³/mol. The summed E-state index contributed by atoms with van der Waals surface area (Å²) in [6.07, 6.45) is -0.528. The van der Waals surface area contributed by atoms with E-state index in [-0.39, 0.29) is 11.3 Å². The van der Waals surface area contributed by atoms with Gasteiger partial charge in [-0.15, -0.1) is 0 Å². The number of carbonyl (C=O) groups excluding carboxylic acids is 1. The van der Waals surface area contributed by atoms with E-state index in [1.165, 1.54) is 6.07 Å². The van der Waals surface area contributed by atoms with Crippen LogP contribution < -0.4 is 11.1 Å². The molecule has 7 heteroatoms. The molecule has 0 aliphatic carbocycles. The fraction of sp³-hybridized carbons (Fsp3) is 0.250. The monoisotopic (exact) mass is 266 g/mol. The van der Waals surface area contributed by atoms with Crippen molar-refractivity contribution in [2.45, 2.75) is 19.4 Å². The average molecular weight is 266 g/mol. The Morgan fingerprint density at radius 3 is 2.47 bits per heavy atom. The molecule has 1 rings (SSSR count). The minimum atomic E-state index is -1.24. The molecule has 102 valence electrons. The first kappa shape index (κ1) is 14.7. The topological polar surface area (TPSA) is 130 Å². The molecule has 5 N–H and O–H groups in total. The Bertz CT molecular complexity index is 527. The molecule has 19 heavy (non-hydrogen) atoms. The summed E-state index contributed by atoms with van der Waals surface area (Å²) in [5.74, 6) is -3.12. The van der Waals surface area contributed by atoms with Gasteiger partial charge in [-0.25, -0.2) is 4.79 Å². The van der Waals surface area contributed by atoms with Crippen LogP contribution in [0.25, 0.3) is 0 Å². The minimum absolute atomic E-state index is 0.0432. The molecule has 0 fully saturated rings. The van der Waals surface area contributed by atoms with Crippen LogP contribution in [-0.4, -0.2) is 34.1 Å². The van der Waals surface area contributed by atoms with E-state index in [0.29, 0.717) is 5.56 Å². The average Bonchev–Trinajstić information content (AvgIpc) is 2.27. The summed E-state index contributed by atoms with van der Waals surface area (Å²) in [6, 6.07) is 3.36. The maximum Gasteiger partial charge on any atom is 0.338 e. The van der Waals surface area contributed by atoms with Crippen molar-refractivity contribution in [3.63, 3.8) is 0 Å². The predicted octanol–water partition coefficient (Wildman–Crippen LogP) is 0.434. The summed E-state index contributed by atoms with van der Waals surface area (Å²) in [6.45, 7) is 1.59. The van der Waals surface area contributed by atoms with Gasteiger partial charge in [0.2, 0.25) is 5.91 Å². The summed E-state index contributed by atoms with van der Waals surface area (Å²) in [4.78, 5) is 33.2. The molecule has 0 bridgehead atoms. The number of nitrogens with two attached hydrogens (primary N) is 1. The van der Waals surface area contributed by atoms with Gasteiger partial charge in [-0.3, -0.25) is 9.59 Å². The number of carboxylic acids is 2. The lowest BCUT2D eigenvalue weighted by Gasteiger charge is -2.13. The summed E-state index contributed by atoms with van der Waals surface area (Å²) >= 11 is 0. The Balaban J connectivity index is 2.94. The smallest absolute Gasteiger partial charge is 0.338 e. The fourth-order valence-electron chi connectivity index (χ4n) is 1.56. The van der Waals surface area contributed by atoms with Crippen molar-refractivity contribution in [3.8, 4) is 0 Å². The van der Waals surface area contributed by atoms with Gasteiger partial charge in [0.05, 0.1) is 23.7 Å². The fourth-order valence-corrected chi connectivity index (χ4v) is 1.56. The summed E-state index contributed by atoms with van der Waals surface area (Å²) in [5, 5.41) is 19.9. The number of hydrogen-bond acceptors (Lipinski definition) is 4. The minimum Gasteiger partial charge on any atom is -0.481 e. The van der Waals surface area contributed by atoms with E-state index in [0.717, 1.165) is 0 Å². The first-order valence-electron chi connectivity index (χ1n) is 5.44. The first-order valence-corrected chi connectivity index (χ1v) is 5.44. The van der Waals surface area contributed by atoms with Gasteiger partial charge in [-0.1, -0.05) is 12.1 Å². The van der Waals surface area contributed by atoms with Gasteiger partial charge >= 0.3 is 11.9 Å². The molecule has 0 aliphatic heterocycles. The molecule has 7 nitrogen and oxygen atoms in total. The maximum absolute atomic E-state index is 11.6. The third kappa shape index (κ3) is 3.78. The van der Waals surface area contributed by atoms with Crippen molar-refractivity contribution < 1.29 is 24.6 Å². The number of aryl methyl sites for hydroxylation is 1. The number of amides is 1. The second-order valence-corrected chi connectivity index (χ2v) is 4.00. The van der Waals surface area contributed by atoms with E-state index in [4.69, 9.17) is 15.9 Å². The number of carboxylic acid groups (broad SMARTS) is 2. The highest BCUT2D eigenvalue weighted by atomic mass is 16.4. The third-order valence-electron chi connectivity index (χ3n) is 2.48. The van der Waals surface area contributed by atoms with Crippen LogP contribution in [0.5, 0.6) is 0 Å². The van der Waals surface area contributed by atoms with Gasteiger partial charge in [0.25, 0.3) is 0 Å². The lowest BCUT2D eigenvalue weighted by Crippen LogP contribution is -2.37. The Hall–Kier alpha value is -2.41. The zero-order valence-electron chi connectivity index (χ0n) is 10.2. The Labute approximate surface area is 109 Å². The second kappa shape index (κ2) is 5.96. The van der Waals surface area contributed by atoms with Gasteiger partial charge in [0.15, 0.2) is 0 Å². The molecule has 1 unspecified atom stereocenters. The van der Waals surface area contributed by atoms with Crippen molar-refractivity contribution in [3.05, 3.63) is 29.3 Å². The Morgan fingerprint density at radius 1 is 1.32 bits per heavy atom. The lowest BCUT2D eigenvalue weighted by molar-refractivity contribution is -0.138. The van der Waals surface area contributed by atoms with Gasteiger partial charge in [-0.2, -0.15) is 0 Å². The van der Waals surface area contributed by atoms with E-state index in [2.05, 4.69) is 5.32 Å². The Morgan fingerprint density at radius 2 is 1.95 bits per heavy atom. The van der Waals surface area contributed by atoms with Crippen LogP contribution in [0.2, 0.25) is 0 Å². The second-order valence-electron chi connectivity index (χ2n) is 4.00. The largest absolute Gasteiger partial charge is 0.481 e. The van der Waals surface area contributed by atoms with Crippen molar-refractivity contribution >= 4 is 23.5 Å². The van der Waals surface area contributed by atoms with Crippen LogP contribution in [0, 0.1) is 6.92 Å². The summed E-state index contributed by atoms with van der Waals surface area (Å²) < 4.78 is 0. The highest BCUT2D eigenvalue weighted by Gasteiger charge is 2.20. The number of aromatic carboxylic acids is 1. The van der Waals surface area contributed by atoms with E-state index in [1.807, 2.05) is 0 Å². The van der Waals surface area contributed by atoms with Crippen LogP contribution in [0.4, 0.5) is 5.69 Å². The number of rotatable bonds is 5. The van der Waals surface area contributed by atoms with Crippen LogP contribution in [0.15, 0.2) is 18.2 Å². The highest BCUT2D eigenvalue weighted by Crippen LogP contribution is 2.19. The van der Waals surface area contributed by atoms with Crippen molar-refractivity contribution in [1.82, 2.24) is 0 Å². The molecule has 1 atom stereocenters. The van der Waals surface area contributed by atoms with Crippen molar-refractivity contribution in [2.75, 3.05) is 5.32 Å². The van der Waals surface area contributed by atoms with Crippen molar-refractivity contribution in [2.24, 2.45) is 5.73 Å². The quantitative estimate of drug-likeness (QED) is 0.611. The summed E-state index contributed by atoms with van der Waals surface area (Å²) in [7, 11) is 0. The van der Waals surface area contributed by atoms with E-state index < -0.39 is 30.3 Å². The molecule has 0 radical (unpaired) electrons. The molecule has 0 saturated carbocycles. The molecule has 0 saturated heterocycles. The summed E-state index contributed by atoms with van der Waals surface area (Å²) in [5.41, 5.74) is 5.93. The van der Waals surface area contributed by atoms with Crippen LogP contribution >= 0.6 is 0 Å². The van der Waals surface area contributed by atoms with Gasteiger partial charge in [-0.05, 0) is 18.6 Å². The number of hydrogen-bond donors (Lipinski definition) is 4. The molecular formula is C12H14N2O5. The molecule has 0 spiro atoms. The maximum atomic E-state index is 11.6. The molecule has 0 aromatic heterocycles. The Kier molecular flexibility index (Phi) is 4.60. The molecular weight excluding hydrogens is 252 g/mol. The van der Waals surface area contributed by atoms with Crippen LogP contribution in [0.3, 0.4) is 0 Å². The van der Waals surface area contributed by atoms with Gasteiger partial charge in [0, 0.05) is 0 Å². The lowest BCUT2D eigenvalue weighted by atomic mass is 10.1. The SMILES string of the molecule is Cc1cccc(NC(=O)C(N)CC(=O)O)c1C(=O)O. The first-order chi connectivity index (χ1) is 8.82. The highest BCUT2D eigenvalue weighted by molar-refractivity contribution is 6.03. The van der Waals surface area contributed by atoms with Crippen molar-refractivity contribution in [1.29, 1.82) is 0 Å². The molecule has 1 aromatic carbocycles. The molecule has 1 aromatic rings. The zero-order valence-corrected chi connectivity index (χ0v) is 10.2. The van der Waals surface area contributed by atoms with Gasteiger partial charge < -0.3 is 21.3 Å². The standard InChI is InChI=1S/C12H14N2O5/c1-6-3-2-4-8(10(6)12(18)19)14-11(17)7(13)5-9(15)16/h2-4,7H,5,13H2,1H3,(H,14,17)(H,15,16)(H,18,19). The van der Waals surface area contributed by atoms with Gasteiger partial charge in [0.1, 0.15) is 0 Å². The number of benzene rings is 1. The van der Waals surface area contributed by atoms with E-state index in [1.54, 1.807) is 19.1 Å². The zero-order chi connectivity index (χ0) is 14.6. The van der Waals surface area contributed by atoms with Crippen LogP contribution in [0.1, 0.15) is 22.3 Å². The molecule has 0 heterocycles. The molecule has 0 aliphatic rings. The number of aliphatic carboxylic acids is 1. The number of nitrogens with one attached hydrogen (secondary N) is 1. The third-order valence-corrected chi connectivity index (χ3v) is 2.48. The van der Waals surface area contributed by atoms with E-state index in [9.17, 15) is 14.4 Å². The molecule has 1 amide bonds. The normalized spacial score (nSPS) is 11.7. The number of anilines is 1. The van der Waals surface area contributed by atoms with E-state index >= 15 is 0 Å².